The van der Waals surface area contributed by atoms with Crippen LogP contribution >= 0.6 is 0 Å². The van der Waals surface area contributed by atoms with Gasteiger partial charge in [-0.15, -0.1) is 0 Å². The molecule has 0 bridgehead atoms. The number of hydrogen-bond acceptors (Lipinski definition) is 6. The first-order valence-corrected chi connectivity index (χ1v) is 8.24. The zero-order chi connectivity index (χ0) is 15.7. The van der Waals surface area contributed by atoms with Gasteiger partial charge in [0.1, 0.15) is 0 Å². The van der Waals surface area contributed by atoms with Crippen LogP contribution in [-0.4, -0.2) is 57.5 Å². The Morgan fingerprint density at radius 2 is 2.04 bits per heavy atom. The van der Waals surface area contributed by atoms with Crippen molar-refractivity contribution in [3.8, 4) is 11.5 Å². The van der Waals surface area contributed by atoms with Crippen LogP contribution in [0.2, 0.25) is 0 Å². The van der Waals surface area contributed by atoms with E-state index >= 15 is 0 Å². The molecule has 3 heterocycles. The van der Waals surface area contributed by atoms with Crippen molar-refractivity contribution in [2.24, 2.45) is 4.99 Å². The third-order valence-corrected chi connectivity index (χ3v) is 5.08. The van der Waals surface area contributed by atoms with E-state index in [1.165, 1.54) is 5.56 Å². The number of likely N-dealkylation sites (N-methyl/N-ethyl adjacent to an activating group) is 1. The first-order valence-electron chi connectivity index (χ1n) is 8.24. The summed E-state index contributed by atoms with van der Waals surface area (Å²) in [5.74, 6) is 2.68. The van der Waals surface area contributed by atoms with E-state index in [0.29, 0.717) is 6.79 Å². The van der Waals surface area contributed by atoms with Crippen LogP contribution in [0.3, 0.4) is 0 Å². The number of ether oxygens (including phenoxy) is 3. The lowest BCUT2D eigenvalue weighted by Crippen LogP contribution is -2.47. The standard InChI is InChI=1S/C17H23N3O3/c1-20-7-6-18-16(20)19-11-17(4-8-21-9-5-17)13-2-3-14-15(10-13)23-12-22-14/h2-3,10H,4-9,11-12H2,1H3,(H,18,19). The minimum Gasteiger partial charge on any atom is -0.454 e. The van der Waals surface area contributed by atoms with Gasteiger partial charge in [-0.05, 0) is 30.5 Å². The minimum atomic E-state index is 0.0468. The molecule has 6 heteroatoms. The number of rotatable bonds is 3. The molecule has 0 atom stereocenters. The maximum atomic E-state index is 5.61. The Morgan fingerprint density at radius 1 is 1.22 bits per heavy atom. The van der Waals surface area contributed by atoms with Gasteiger partial charge < -0.3 is 24.4 Å². The van der Waals surface area contributed by atoms with E-state index in [-0.39, 0.29) is 5.41 Å². The number of aliphatic imine (C=N–C) groups is 1. The summed E-state index contributed by atoms with van der Waals surface area (Å²) >= 11 is 0. The van der Waals surface area contributed by atoms with Gasteiger partial charge in [-0.1, -0.05) is 6.07 Å². The predicted octanol–water partition coefficient (Wildman–Crippen LogP) is 1.35. The fourth-order valence-electron chi connectivity index (χ4n) is 3.53. The molecule has 6 nitrogen and oxygen atoms in total. The molecule has 0 unspecified atom stereocenters. The summed E-state index contributed by atoms with van der Waals surface area (Å²) in [5, 5.41) is 3.56. The molecule has 3 aliphatic rings. The molecule has 0 aromatic heterocycles. The van der Waals surface area contributed by atoms with E-state index in [0.717, 1.165) is 63.1 Å². The lowest BCUT2D eigenvalue weighted by molar-refractivity contribution is 0.0512. The molecule has 1 fully saturated rings. The third kappa shape index (κ3) is 2.72. The average Bonchev–Trinajstić information content (AvgIpc) is 3.21. The molecule has 124 valence electrons. The molecule has 23 heavy (non-hydrogen) atoms. The lowest BCUT2D eigenvalue weighted by atomic mass is 9.74. The van der Waals surface area contributed by atoms with E-state index in [4.69, 9.17) is 14.2 Å². The number of nitrogens with one attached hydrogen (secondary N) is 1. The fourth-order valence-corrected chi connectivity index (χ4v) is 3.53. The van der Waals surface area contributed by atoms with E-state index in [2.05, 4.69) is 34.4 Å². The van der Waals surface area contributed by atoms with Crippen LogP contribution in [0.1, 0.15) is 18.4 Å². The number of benzene rings is 1. The number of nitrogens with zero attached hydrogens (tertiary/aromatic N) is 2. The van der Waals surface area contributed by atoms with Crippen molar-refractivity contribution in [1.29, 1.82) is 0 Å². The third-order valence-electron chi connectivity index (χ3n) is 5.08. The highest BCUT2D eigenvalue weighted by molar-refractivity contribution is 5.81. The molecular formula is C17H23N3O3. The van der Waals surface area contributed by atoms with Crippen LogP contribution in [0.15, 0.2) is 23.2 Å². The molecule has 0 radical (unpaired) electrons. The van der Waals surface area contributed by atoms with Crippen LogP contribution < -0.4 is 14.8 Å². The zero-order valence-electron chi connectivity index (χ0n) is 13.5. The largest absolute Gasteiger partial charge is 0.454 e. The Hall–Kier alpha value is -1.95. The van der Waals surface area contributed by atoms with Crippen molar-refractivity contribution in [2.75, 3.05) is 46.7 Å². The molecule has 1 aromatic carbocycles. The Balaban J connectivity index is 1.58. The lowest BCUT2D eigenvalue weighted by Gasteiger charge is -2.38. The van der Waals surface area contributed by atoms with Gasteiger partial charge in [0.25, 0.3) is 0 Å². The molecule has 0 amide bonds. The molecule has 1 aromatic rings. The summed E-state index contributed by atoms with van der Waals surface area (Å²) in [7, 11) is 2.08. The normalized spacial score (nSPS) is 22.1. The fraction of sp³-hybridized carbons (Fsp3) is 0.588. The van der Waals surface area contributed by atoms with Crippen LogP contribution in [0.4, 0.5) is 0 Å². The predicted molar refractivity (Wildman–Crippen MR) is 87.2 cm³/mol. The Kier molecular flexibility index (Phi) is 3.77. The minimum absolute atomic E-state index is 0.0468. The second kappa shape index (κ2) is 5.92. The zero-order valence-corrected chi connectivity index (χ0v) is 13.5. The van der Waals surface area contributed by atoms with E-state index in [1.807, 2.05) is 6.07 Å². The summed E-state index contributed by atoms with van der Waals surface area (Å²) in [5.41, 5.74) is 1.34. The topological polar surface area (TPSA) is 55.3 Å². The highest BCUT2D eigenvalue weighted by Crippen LogP contribution is 2.40. The quantitative estimate of drug-likeness (QED) is 0.912. The average molecular weight is 317 g/mol. The van der Waals surface area contributed by atoms with Crippen LogP contribution in [0.25, 0.3) is 0 Å². The summed E-state index contributed by atoms with van der Waals surface area (Å²) in [6, 6.07) is 6.32. The van der Waals surface area contributed by atoms with Gasteiger partial charge in [-0.2, -0.15) is 0 Å². The number of guanidine groups is 1. The molecular weight excluding hydrogens is 294 g/mol. The van der Waals surface area contributed by atoms with Gasteiger partial charge in [0, 0.05) is 38.8 Å². The summed E-state index contributed by atoms with van der Waals surface area (Å²) in [6.07, 6.45) is 1.99. The van der Waals surface area contributed by atoms with Crippen molar-refractivity contribution < 1.29 is 14.2 Å². The molecule has 0 saturated carbocycles. The first-order chi connectivity index (χ1) is 11.3. The van der Waals surface area contributed by atoms with Crippen molar-refractivity contribution in [3.63, 3.8) is 0 Å². The highest BCUT2D eigenvalue weighted by atomic mass is 16.7. The molecule has 1 saturated heterocycles. The van der Waals surface area contributed by atoms with E-state index in [9.17, 15) is 0 Å². The van der Waals surface area contributed by atoms with Crippen molar-refractivity contribution in [3.05, 3.63) is 23.8 Å². The monoisotopic (exact) mass is 317 g/mol. The molecule has 0 aliphatic carbocycles. The van der Waals surface area contributed by atoms with Gasteiger partial charge in [0.05, 0.1) is 6.54 Å². The van der Waals surface area contributed by atoms with E-state index in [1.54, 1.807) is 0 Å². The van der Waals surface area contributed by atoms with Crippen LogP contribution in [-0.2, 0) is 10.2 Å². The number of hydrogen-bond donors (Lipinski definition) is 1. The molecule has 3 aliphatic heterocycles. The number of fused-ring (bicyclic) bond motifs is 1. The van der Waals surface area contributed by atoms with Gasteiger partial charge >= 0.3 is 0 Å². The van der Waals surface area contributed by atoms with Gasteiger partial charge in [0.15, 0.2) is 17.5 Å². The first kappa shape index (κ1) is 14.6. The molecule has 1 N–H and O–H groups in total. The Bertz CT molecular complexity index is 611. The van der Waals surface area contributed by atoms with Crippen molar-refractivity contribution in [1.82, 2.24) is 10.2 Å². The van der Waals surface area contributed by atoms with Gasteiger partial charge in [-0.3, -0.25) is 4.99 Å². The molecule has 0 spiro atoms. The summed E-state index contributed by atoms with van der Waals surface area (Å²) < 4.78 is 16.6. The maximum Gasteiger partial charge on any atom is 0.231 e. The second-order valence-electron chi connectivity index (χ2n) is 6.44. The van der Waals surface area contributed by atoms with Crippen LogP contribution in [0.5, 0.6) is 11.5 Å². The van der Waals surface area contributed by atoms with Crippen molar-refractivity contribution in [2.45, 2.75) is 18.3 Å². The SMILES string of the molecule is CN1CCN=C1NCC1(c2ccc3c(c2)OCO3)CCOCC1. The highest BCUT2D eigenvalue weighted by Gasteiger charge is 2.36. The van der Waals surface area contributed by atoms with Gasteiger partial charge in [0.2, 0.25) is 6.79 Å². The Morgan fingerprint density at radius 3 is 2.83 bits per heavy atom. The van der Waals surface area contributed by atoms with E-state index < -0.39 is 0 Å². The summed E-state index contributed by atoms with van der Waals surface area (Å²) in [6.45, 7) is 4.62. The Labute approximate surface area is 136 Å². The molecule has 4 rings (SSSR count). The maximum absolute atomic E-state index is 5.61. The smallest absolute Gasteiger partial charge is 0.231 e. The summed E-state index contributed by atoms with van der Waals surface area (Å²) in [4.78, 5) is 6.71. The van der Waals surface area contributed by atoms with Crippen LogP contribution in [0, 0.1) is 0 Å². The second-order valence-corrected chi connectivity index (χ2v) is 6.44. The van der Waals surface area contributed by atoms with Crippen molar-refractivity contribution >= 4 is 5.96 Å². The van der Waals surface area contributed by atoms with Gasteiger partial charge in [-0.25, -0.2) is 0 Å².